The lowest BCUT2D eigenvalue weighted by Crippen LogP contribution is -2.40. The van der Waals surface area contributed by atoms with Gasteiger partial charge in [0.1, 0.15) is 43.2 Å². The number of nitrogens with two attached hydrogens (primary N) is 1. The maximum Gasteiger partial charge on any atom is 0.306 e. The summed E-state index contributed by atoms with van der Waals surface area (Å²) in [7, 11) is 0. The number of aromatic nitrogens is 1. The number of carboxylic acid groups (broad SMARTS) is 1. The van der Waals surface area contributed by atoms with Crippen molar-refractivity contribution < 1.29 is 34.4 Å². The maximum atomic E-state index is 11.5. The maximum absolute atomic E-state index is 11.5. The van der Waals surface area contributed by atoms with Gasteiger partial charge >= 0.3 is 11.9 Å². The molecule has 0 bridgehead atoms. The molecule has 1 aliphatic heterocycles. The van der Waals surface area contributed by atoms with E-state index in [0.717, 1.165) is 6.34 Å². The average molecular weight is 393 g/mol. The number of hydrogen-bond acceptors (Lipinski definition) is 8. The molecule has 12 heteroatoms. The van der Waals surface area contributed by atoms with Gasteiger partial charge in [-0.05, 0) is 12.1 Å². The SMILES string of the molecule is N#C[C@@]1(c2ccc(/C(N)=N\C=N)[nH]2)O[C@H](COC(=O)CCC(=O)O)[C@@H](O)[C@H]1O. The normalized spacial score (nSPS) is 27.2. The number of esters is 1. The van der Waals surface area contributed by atoms with Gasteiger partial charge in [-0.2, -0.15) is 5.26 Å². The van der Waals surface area contributed by atoms with Gasteiger partial charge in [0.15, 0.2) is 0 Å². The van der Waals surface area contributed by atoms with E-state index in [2.05, 4.69) is 9.98 Å². The number of aliphatic imine (C=N–C) groups is 1. The smallest absolute Gasteiger partial charge is 0.306 e. The molecule has 150 valence electrons. The van der Waals surface area contributed by atoms with Crippen molar-refractivity contribution in [1.82, 2.24) is 4.98 Å². The fourth-order valence-electron chi connectivity index (χ4n) is 2.69. The second kappa shape index (κ2) is 8.61. The highest BCUT2D eigenvalue weighted by atomic mass is 16.6. The van der Waals surface area contributed by atoms with E-state index in [4.69, 9.17) is 25.7 Å². The standard InChI is InChI=1S/C16H19N5O7/c17-6-16(10-2-1-8(21-10)15(19)20-7-18)14(26)13(25)9(28-16)5-27-12(24)4-3-11(22)23/h1-2,7,9,13-14,21,25-26H,3-5H2,(H,22,23)(H3,18,19,20)/t9-,13-,14-,16+/m1/s1. The number of nitriles is 1. The molecule has 12 nitrogen and oxygen atoms in total. The molecular weight excluding hydrogens is 374 g/mol. The van der Waals surface area contributed by atoms with E-state index in [1.807, 2.05) is 6.07 Å². The molecule has 2 rings (SSSR count). The summed E-state index contributed by atoms with van der Waals surface area (Å²) in [5.41, 5.74) is 4.02. The molecular formula is C16H19N5O7. The topological polar surface area (TPSA) is 215 Å². The number of nitrogens with one attached hydrogen (secondary N) is 2. The minimum Gasteiger partial charge on any atom is -0.481 e. The number of H-pyrrole nitrogens is 1. The lowest BCUT2D eigenvalue weighted by Gasteiger charge is -2.23. The summed E-state index contributed by atoms with van der Waals surface area (Å²) in [5.74, 6) is -2.02. The number of hydrogen-bond donors (Lipinski definition) is 6. The van der Waals surface area contributed by atoms with Crippen LogP contribution in [0.4, 0.5) is 0 Å². The molecule has 1 aromatic rings. The Labute approximate surface area is 158 Å². The van der Waals surface area contributed by atoms with Crippen LogP contribution in [0.25, 0.3) is 0 Å². The molecule has 1 aliphatic rings. The van der Waals surface area contributed by atoms with E-state index in [0.29, 0.717) is 0 Å². The van der Waals surface area contributed by atoms with Crippen molar-refractivity contribution in [2.45, 2.75) is 36.8 Å². The van der Waals surface area contributed by atoms with E-state index in [9.17, 15) is 25.1 Å². The Bertz CT molecular complexity index is 830. The van der Waals surface area contributed by atoms with E-state index < -0.39 is 48.9 Å². The monoisotopic (exact) mass is 393 g/mol. The number of carbonyl (C=O) groups is 2. The lowest BCUT2D eigenvalue weighted by atomic mass is 9.93. The Balaban J connectivity index is 2.15. The molecule has 4 atom stereocenters. The van der Waals surface area contributed by atoms with Crippen molar-refractivity contribution in [3.8, 4) is 6.07 Å². The molecule has 0 spiro atoms. The highest BCUT2D eigenvalue weighted by Crippen LogP contribution is 2.39. The van der Waals surface area contributed by atoms with Gasteiger partial charge in [-0.15, -0.1) is 0 Å². The Kier molecular flexibility index (Phi) is 6.47. The number of aliphatic hydroxyl groups is 2. The van der Waals surface area contributed by atoms with E-state index in [-0.39, 0.29) is 23.6 Å². The van der Waals surface area contributed by atoms with Gasteiger partial charge in [0.25, 0.3) is 0 Å². The Hall–Kier alpha value is -3.27. The third-order valence-corrected chi connectivity index (χ3v) is 4.14. The number of aliphatic hydroxyl groups excluding tert-OH is 2. The minimum atomic E-state index is -1.99. The van der Waals surface area contributed by atoms with Crippen molar-refractivity contribution >= 4 is 24.1 Å². The van der Waals surface area contributed by atoms with E-state index in [1.54, 1.807) is 0 Å². The average Bonchev–Trinajstić information content (AvgIpc) is 3.24. The van der Waals surface area contributed by atoms with Crippen molar-refractivity contribution in [2.24, 2.45) is 10.7 Å². The molecule has 1 fully saturated rings. The van der Waals surface area contributed by atoms with Crippen LogP contribution >= 0.6 is 0 Å². The second-order valence-corrected chi connectivity index (χ2v) is 5.95. The van der Waals surface area contributed by atoms with Crippen LogP contribution in [-0.2, 0) is 24.7 Å². The number of nitrogens with zero attached hydrogens (tertiary/aromatic N) is 2. The summed E-state index contributed by atoms with van der Waals surface area (Å²) in [5, 5.41) is 45.7. The van der Waals surface area contributed by atoms with Gasteiger partial charge in [0, 0.05) is 0 Å². The molecule has 1 aromatic heterocycles. The molecule has 7 N–H and O–H groups in total. The van der Waals surface area contributed by atoms with Crippen LogP contribution < -0.4 is 5.73 Å². The zero-order valence-electron chi connectivity index (χ0n) is 14.5. The van der Waals surface area contributed by atoms with Crippen LogP contribution in [0.5, 0.6) is 0 Å². The van der Waals surface area contributed by atoms with E-state index >= 15 is 0 Å². The highest BCUT2D eigenvalue weighted by Gasteiger charge is 2.57. The molecule has 0 saturated carbocycles. The second-order valence-electron chi connectivity index (χ2n) is 5.95. The molecule has 28 heavy (non-hydrogen) atoms. The number of aromatic amines is 1. The third-order valence-electron chi connectivity index (χ3n) is 4.14. The van der Waals surface area contributed by atoms with Crippen molar-refractivity contribution in [2.75, 3.05) is 6.61 Å². The highest BCUT2D eigenvalue weighted by molar-refractivity contribution is 5.99. The summed E-state index contributed by atoms with van der Waals surface area (Å²) >= 11 is 0. The van der Waals surface area contributed by atoms with Gasteiger partial charge < -0.3 is 35.5 Å². The number of carboxylic acids is 1. The Morgan fingerprint density at radius 3 is 2.79 bits per heavy atom. The number of ether oxygens (including phenoxy) is 2. The van der Waals surface area contributed by atoms with Crippen LogP contribution in [0.3, 0.4) is 0 Å². The fourth-order valence-corrected chi connectivity index (χ4v) is 2.69. The first kappa shape index (κ1) is 21.0. The number of carbonyl (C=O) groups excluding carboxylic acids is 1. The molecule has 1 saturated heterocycles. The van der Waals surface area contributed by atoms with Gasteiger partial charge in [-0.1, -0.05) is 0 Å². The first-order valence-corrected chi connectivity index (χ1v) is 8.10. The number of rotatable bonds is 8. The molecule has 0 aliphatic carbocycles. The molecule has 0 aromatic carbocycles. The van der Waals surface area contributed by atoms with Gasteiger partial charge in [0.05, 0.1) is 24.2 Å². The zero-order chi connectivity index (χ0) is 20.9. The molecule has 0 unspecified atom stereocenters. The quantitative estimate of drug-likeness (QED) is 0.173. The van der Waals surface area contributed by atoms with Gasteiger partial charge in [-0.3, -0.25) is 15.0 Å². The van der Waals surface area contributed by atoms with Crippen LogP contribution in [0.1, 0.15) is 24.2 Å². The van der Waals surface area contributed by atoms with Gasteiger partial charge in [-0.25, -0.2) is 4.99 Å². The summed E-state index contributed by atoms with van der Waals surface area (Å²) in [6, 6.07) is 4.67. The van der Waals surface area contributed by atoms with Crippen molar-refractivity contribution in [3.63, 3.8) is 0 Å². The summed E-state index contributed by atoms with van der Waals surface area (Å²) in [6.07, 6.45) is -4.49. The fraction of sp³-hybridized carbons (Fsp3) is 0.438. The van der Waals surface area contributed by atoms with Gasteiger partial charge in [0.2, 0.25) is 5.60 Å². The molecule has 0 amide bonds. The van der Waals surface area contributed by atoms with Crippen LogP contribution in [0, 0.1) is 16.7 Å². The number of amidine groups is 1. The Morgan fingerprint density at radius 2 is 2.18 bits per heavy atom. The van der Waals surface area contributed by atoms with Crippen LogP contribution in [0.2, 0.25) is 0 Å². The predicted octanol–water partition coefficient (Wildman–Crippen LogP) is -1.43. The van der Waals surface area contributed by atoms with Crippen molar-refractivity contribution in [1.29, 1.82) is 10.7 Å². The summed E-state index contributed by atoms with van der Waals surface area (Å²) in [6.45, 7) is -0.481. The number of aliphatic carboxylic acids is 1. The van der Waals surface area contributed by atoms with E-state index in [1.165, 1.54) is 12.1 Å². The van der Waals surface area contributed by atoms with Crippen LogP contribution in [0.15, 0.2) is 17.1 Å². The first-order chi connectivity index (χ1) is 13.2. The molecule has 0 radical (unpaired) electrons. The third kappa shape index (κ3) is 4.17. The first-order valence-electron chi connectivity index (χ1n) is 8.10. The van der Waals surface area contributed by atoms with Crippen molar-refractivity contribution in [3.05, 3.63) is 23.5 Å². The summed E-state index contributed by atoms with van der Waals surface area (Å²) < 4.78 is 10.4. The predicted molar refractivity (Wildman–Crippen MR) is 92.3 cm³/mol. The lowest BCUT2D eigenvalue weighted by molar-refractivity contribution is -0.153. The summed E-state index contributed by atoms with van der Waals surface area (Å²) in [4.78, 5) is 28.3. The largest absolute Gasteiger partial charge is 0.481 e. The molecule has 2 heterocycles. The zero-order valence-corrected chi connectivity index (χ0v) is 14.5. The Morgan fingerprint density at radius 1 is 1.46 bits per heavy atom. The van der Waals surface area contributed by atoms with Crippen LogP contribution in [-0.4, -0.2) is 69.3 Å². The minimum absolute atomic E-state index is 0.0358.